The van der Waals surface area contributed by atoms with Crippen LogP contribution in [0.4, 0.5) is 0 Å². The third-order valence-corrected chi connectivity index (χ3v) is 9.07. The summed E-state index contributed by atoms with van der Waals surface area (Å²) in [6, 6.07) is 22.1. The highest BCUT2D eigenvalue weighted by Crippen LogP contribution is 2.42. The van der Waals surface area contributed by atoms with Crippen LogP contribution < -0.4 is 0 Å². The number of fused-ring (bicyclic) bond motifs is 3. The number of nitrogens with zero attached hydrogens (tertiary/aromatic N) is 1. The Morgan fingerprint density at radius 3 is 2.31 bits per heavy atom. The van der Waals surface area contributed by atoms with Crippen LogP contribution in [0.5, 0.6) is 0 Å². The third-order valence-electron chi connectivity index (χ3n) is 6.66. The summed E-state index contributed by atoms with van der Waals surface area (Å²) in [6.07, 6.45) is 0. The number of thiophene rings is 1. The molecule has 4 heteroatoms. The van der Waals surface area contributed by atoms with Crippen molar-refractivity contribution in [1.29, 1.82) is 0 Å². The molecule has 3 aromatic carbocycles. The summed E-state index contributed by atoms with van der Waals surface area (Å²) in [5.41, 5.74) is 9.72. The van der Waals surface area contributed by atoms with Gasteiger partial charge in [-0.25, -0.2) is 0 Å². The molecule has 0 aliphatic heterocycles. The minimum atomic E-state index is 0.943. The first-order chi connectivity index (χ1) is 15.4. The van der Waals surface area contributed by atoms with E-state index < -0.39 is 0 Å². The topological polar surface area (TPSA) is 18.1 Å². The molecule has 0 amide bonds. The Bertz CT molecular complexity index is 1680. The Morgan fingerprint density at radius 1 is 0.781 bits per heavy atom. The van der Waals surface area contributed by atoms with Crippen molar-refractivity contribution in [2.24, 2.45) is 0 Å². The van der Waals surface area contributed by atoms with Crippen LogP contribution in [-0.2, 0) is 0 Å². The quantitative estimate of drug-likeness (QED) is 0.198. The van der Waals surface area contributed by atoms with Gasteiger partial charge < -0.3 is 4.42 Å². The number of hydrogen-bond donors (Lipinski definition) is 0. The van der Waals surface area contributed by atoms with Crippen LogP contribution in [0, 0.1) is 27.7 Å². The van der Waals surface area contributed by atoms with E-state index >= 15 is 0 Å². The summed E-state index contributed by atoms with van der Waals surface area (Å²) in [7, 11) is 0. The molecule has 0 bridgehead atoms. The summed E-state index contributed by atoms with van der Waals surface area (Å²) in [5.74, 6) is 0.967. The van der Waals surface area contributed by atoms with Crippen LogP contribution in [0.2, 0.25) is 0 Å². The second-order valence-electron chi connectivity index (χ2n) is 8.50. The minimum Gasteiger partial charge on any atom is -0.461 e. The summed E-state index contributed by atoms with van der Waals surface area (Å²) >= 11 is 4.26. The summed E-state index contributed by atoms with van der Waals surface area (Å²) in [4.78, 5) is 1.39. The predicted molar refractivity (Wildman–Crippen MR) is 146 cm³/mol. The van der Waals surface area contributed by atoms with Crippen molar-refractivity contribution < 1.29 is 4.42 Å². The Morgan fingerprint density at radius 2 is 1.50 bits per heavy atom. The number of aryl methyl sites for hydroxylation is 3. The van der Waals surface area contributed by atoms with Gasteiger partial charge in [0.1, 0.15) is 11.3 Å². The molecule has 0 aliphatic carbocycles. The van der Waals surface area contributed by atoms with Crippen molar-refractivity contribution in [2.45, 2.75) is 27.7 Å². The van der Waals surface area contributed by atoms with E-state index in [1.807, 2.05) is 11.3 Å². The maximum atomic E-state index is 6.31. The van der Waals surface area contributed by atoms with E-state index in [2.05, 4.69) is 114 Å². The van der Waals surface area contributed by atoms with Gasteiger partial charge in [0.05, 0.1) is 28.4 Å². The number of aromatic nitrogens is 1. The standard InChI is InChI=1S/C28H22INOS/c1-15-18(4)32-26-14-20(9-11-21(15)26)28-17(3)31-25-13-19(10-12-23(25)28)27-16(2)30(29)24-8-6-5-7-22(24)27/h5-14H,1-4H3. The first-order valence-electron chi connectivity index (χ1n) is 10.7. The van der Waals surface area contributed by atoms with Crippen molar-refractivity contribution in [2.75, 3.05) is 0 Å². The van der Waals surface area contributed by atoms with Crippen molar-refractivity contribution in [3.8, 4) is 22.3 Å². The molecular formula is C28H22INOS. The van der Waals surface area contributed by atoms with E-state index in [9.17, 15) is 0 Å². The van der Waals surface area contributed by atoms with Gasteiger partial charge in [0, 0.05) is 37.2 Å². The molecule has 158 valence electrons. The molecule has 3 aromatic heterocycles. The summed E-state index contributed by atoms with van der Waals surface area (Å²) in [6.45, 7) is 8.67. The van der Waals surface area contributed by atoms with E-state index in [0.29, 0.717) is 0 Å². The van der Waals surface area contributed by atoms with Crippen LogP contribution in [0.1, 0.15) is 21.9 Å². The molecule has 0 saturated carbocycles. The molecule has 0 atom stereocenters. The Balaban J connectivity index is 1.54. The second-order valence-corrected chi connectivity index (χ2v) is 10.7. The number of hydrogen-bond acceptors (Lipinski definition) is 2. The maximum Gasteiger partial charge on any atom is 0.135 e. The van der Waals surface area contributed by atoms with Crippen LogP contribution in [0.25, 0.3) is 54.2 Å². The lowest BCUT2D eigenvalue weighted by molar-refractivity contribution is 0.580. The first-order valence-corrected chi connectivity index (χ1v) is 12.5. The van der Waals surface area contributed by atoms with E-state index in [1.165, 1.54) is 64.8 Å². The fourth-order valence-corrected chi connectivity index (χ4v) is 6.70. The van der Waals surface area contributed by atoms with Crippen molar-refractivity contribution in [3.63, 3.8) is 0 Å². The van der Waals surface area contributed by atoms with Gasteiger partial charge in [0.2, 0.25) is 0 Å². The predicted octanol–water partition coefficient (Wildman–Crippen LogP) is 9.37. The molecule has 3 heterocycles. The average Bonchev–Trinajstić information content (AvgIpc) is 3.36. The van der Waals surface area contributed by atoms with Crippen molar-refractivity contribution in [3.05, 3.63) is 82.6 Å². The fraction of sp³-hybridized carbons (Fsp3) is 0.143. The monoisotopic (exact) mass is 547 g/mol. The Hall–Kier alpha value is -2.57. The zero-order valence-corrected chi connectivity index (χ0v) is 21.4. The Kier molecular flexibility index (Phi) is 4.53. The van der Waals surface area contributed by atoms with Crippen molar-refractivity contribution in [1.82, 2.24) is 2.78 Å². The van der Waals surface area contributed by atoms with Crippen LogP contribution in [0.15, 0.2) is 65.1 Å². The molecule has 32 heavy (non-hydrogen) atoms. The van der Waals surface area contributed by atoms with Gasteiger partial charge in [-0.2, -0.15) is 0 Å². The zero-order chi connectivity index (χ0) is 22.1. The number of para-hydroxylation sites is 1. The third kappa shape index (κ3) is 2.82. The van der Waals surface area contributed by atoms with Gasteiger partial charge >= 0.3 is 0 Å². The zero-order valence-electron chi connectivity index (χ0n) is 18.4. The molecule has 0 saturated heterocycles. The minimum absolute atomic E-state index is 0.943. The SMILES string of the molecule is Cc1oc2cc(-c3c(C)n(I)c4ccccc34)ccc2c1-c1ccc2c(C)c(C)sc2c1. The van der Waals surface area contributed by atoms with Gasteiger partial charge in [-0.1, -0.05) is 36.4 Å². The van der Waals surface area contributed by atoms with E-state index in [1.54, 1.807) is 0 Å². The second kappa shape index (κ2) is 7.22. The van der Waals surface area contributed by atoms with E-state index in [4.69, 9.17) is 4.42 Å². The van der Waals surface area contributed by atoms with Gasteiger partial charge in [-0.3, -0.25) is 2.78 Å². The average molecular weight is 547 g/mol. The highest BCUT2D eigenvalue weighted by atomic mass is 127. The largest absolute Gasteiger partial charge is 0.461 e. The molecule has 0 N–H and O–H groups in total. The lowest BCUT2D eigenvalue weighted by Gasteiger charge is -2.04. The van der Waals surface area contributed by atoms with Crippen molar-refractivity contribution >= 4 is 66.2 Å². The molecular weight excluding hydrogens is 525 g/mol. The highest BCUT2D eigenvalue weighted by Gasteiger charge is 2.18. The van der Waals surface area contributed by atoms with Crippen LogP contribution >= 0.6 is 34.2 Å². The summed E-state index contributed by atoms with van der Waals surface area (Å²) in [5, 5.41) is 3.80. The number of furan rings is 1. The number of benzene rings is 3. The smallest absolute Gasteiger partial charge is 0.135 e. The molecule has 6 rings (SSSR count). The maximum absolute atomic E-state index is 6.31. The molecule has 0 unspecified atom stereocenters. The van der Waals surface area contributed by atoms with E-state index in [0.717, 1.165) is 11.3 Å². The fourth-order valence-electron chi connectivity index (χ4n) is 4.93. The van der Waals surface area contributed by atoms with E-state index in [-0.39, 0.29) is 0 Å². The first kappa shape index (κ1) is 20.1. The molecule has 0 radical (unpaired) electrons. The normalized spacial score (nSPS) is 11.9. The Labute approximate surface area is 205 Å². The lowest BCUT2D eigenvalue weighted by atomic mass is 9.97. The molecule has 6 aromatic rings. The molecule has 2 nitrogen and oxygen atoms in total. The molecule has 0 fully saturated rings. The lowest BCUT2D eigenvalue weighted by Crippen LogP contribution is -1.84. The van der Waals surface area contributed by atoms with Gasteiger partial charge in [0.25, 0.3) is 0 Å². The van der Waals surface area contributed by atoms with Gasteiger partial charge in [0.15, 0.2) is 0 Å². The number of rotatable bonds is 2. The number of halogens is 1. The summed E-state index contributed by atoms with van der Waals surface area (Å²) < 4.78 is 9.89. The highest BCUT2D eigenvalue weighted by molar-refractivity contribution is 14.1. The van der Waals surface area contributed by atoms with Crippen LogP contribution in [0.3, 0.4) is 0 Å². The van der Waals surface area contributed by atoms with Crippen LogP contribution in [-0.4, -0.2) is 2.78 Å². The van der Waals surface area contributed by atoms with Gasteiger partial charge in [-0.15, -0.1) is 11.3 Å². The van der Waals surface area contributed by atoms with Gasteiger partial charge in [-0.05, 0) is 74.0 Å². The molecule has 0 spiro atoms. The molecule has 0 aliphatic rings.